The molecule has 2 aliphatic rings. The topological polar surface area (TPSA) is 86.9 Å². The summed E-state index contributed by atoms with van der Waals surface area (Å²) in [5.41, 5.74) is 5.02. The molecular weight excluding hydrogens is 282 g/mol. The average Bonchev–Trinajstić information content (AvgIpc) is 2.70. The molecule has 0 aromatic carbocycles. The van der Waals surface area contributed by atoms with Gasteiger partial charge in [-0.3, -0.25) is 9.59 Å². The molecule has 2 amide bonds. The highest BCUT2D eigenvalue weighted by Gasteiger charge is 2.51. The minimum Gasteiger partial charge on any atom is -0.391 e. The molecule has 0 radical (unpaired) electrons. The Hall–Kier alpha value is -1.14. The summed E-state index contributed by atoms with van der Waals surface area (Å²) in [6, 6.07) is -0.902. The molecule has 2 fully saturated rings. The van der Waals surface area contributed by atoms with Crippen molar-refractivity contribution in [3.8, 4) is 0 Å². The summed E-state index contributed by atoms with van der Waals surface area (Å²) < 4.78 is 0. The summed E-state index contributed by atoms with van der Waals surface area (Å²) in [5.74, 6) is -0.00153. The lowest BCUT2D eigenvalue weighted by Crippen LogP contribution is -2.54. The zero-order valence-corrected chi connectivity index (χ0v) is 13.9. The van der Waals surface area contributed by atoms with E-state index in [1.165, 1.54) is 11.8 Å². The van der Waals surface area contributed by atoms with Gasteiger partial charge in [0.15, 0.2) is 0 Å². The zero-order valence-electron chi connectivity index (χ0n) is 13.9. The third-order valence-electron chi connectivity index (χ3n) is 5.07. The molecule has 0 bridgehead atoms. The van der Waals surface area contributed by atoms with Crippen molar-refractivity contribution in [2.24, 2.45) is 17.1 Å². The van der Waals surface area contributed by atoms with Crippen LogP contribution >= 0.6 is 0 Å². The lowest BCUT2D eigenvalue weighted by atomic mass is 9.77. The van der Waals surface area contributed by atoms with Gasteiger partial charge in [0.05, 0.1) is 11.5 Å². The Labute approximate surface area is 132 Å². The largest absolute Gasteiger partial charge is 0.391 e. The van der Waals surface area contributed by atoms with E-state index < -0.39 is 18.1 Å². The molecule has 0 aromatic rings. The van der Waals surface area contributed by atoms with Gasteiger partial charge in [0.1, 0.15) is 6.04 Å². The second kappa shape index (κ2) is 6.54. The lowest BCUT2D eigenvalue weighted by Gasteiger charge is -2.39. The van der Waals surface area contributed by atoms with E-state index in [0.29, 0.717) is 12.5 Å². The van der Waals surface area contributed by atoms with E-state index in [4.69, 9.17) is 5.73 Å². The van der Waals surface area contributed by atoms with Crippen molar-refractivity contribution in [1.29, 1.82) is 0 Å². The minimum absolute atomic E-state index is 0.00129. The van der Waals surface area contributed by atoms with Gasteiger partial charge in [-0.1, -0.05) is 13.8 Å². The number of nitrogens with zero attached hydrogens (tertiary/aromatic N) is 2. The summed E-state index contributed by atoms with van der Waals surface area (Å²) in [6.07, 6.45) is 1.50. The number of hydrogen-bond donors (Lipinski definition) is 2. The lowest BCUT2D eigenvalue weighted by molar-refractivity contribution is -0.146. The van der Waals surface area contributed by atoms with Crippen LogP contribution in [0.4, 0.5) is 0 Å². The number of hydrogen-bond acceptors (Lipinski definition) is 4. The molecule has 2 atom stereocenters. The maximum atomic E-state index is 12.9. The number of carbonyl (C=O) groups is 2. The fourth-order valence-electron chi connectivity index (χ4n) is 3.91. The van der Waals surface area contributed by atoms with E-state index in [1.807, 2.05) is 0 Å². The molecule has 0 aromatic heterocycles. The van der Waals surface area contributed by atoms with E-state index in [1.54, 1.807) is 0 Å². The van der Waals surface area contributed by atoms with Gasteiger partial charge in [0.25, 0.3) is 0 Å². The second-order valence-electron chi connectivity index (χ2n) is 7.31. The van der Waals surface area contributed by atoms with Gasteiger partial charge < -0.3 is 20.6 Å². The van der Waals surface area contributed by atoms with Crippen molar-refractivity contribution in [1.82, 2.24) is 9.80 Å². The van der Waals surface area contributed by atoms with Crippen LogP contribution < -0.4 is 5.73 Å². The summed E-state index contributed by atoms with van der Waals surface area (Å²) in [5, 5.41) is 9.79. The van der Waals surface area contributed by atoms with Crippen LogP contribution in [0, 0.1) is 11.3 Å². The second-order valence-corrected chi connectivity index (χ2v) is 7.31. The number of nitrogens with two attached hydrogens (primary N) is 1. The Morgan fingerprint density at radius 3 is 2.23 bits per heavy atom. The average molecular weight is 311 g/mol. The first kappa shape index (κ1) is 17.2. The van der Waals surface area contributed by atoms with Crippen molar-refractivity contribution in [3.63, 3.8) is 0 Å². The van der Waals surface area contributed by atoms with Gasteiger partial charge in [0.2, 0.25) is 11.8 Å². The first-order valence-electron chi connectivity index (χ1n) is 8.27. The Morgan fingerprint density at radius 2 is 1.77 bits per heavy atom. The Balaban J connectivity index is 2.04. The molecule has 2 aliphatic heterocycles. The van der Waals surface area contributed by atoms with Crippen molar-refractivity contribution in [2.45, 2.75) is 52.2 Å². The molecule has 126 valence electrons. The number of carbonyl (C=O) groups excluding carboxylic acids is 2. The predicted molar refractivity (Wildman–Crippen MR) is 83.9 cm³/mol. The summed E-state index contributed by atoms with van der Waals surface area (Å²) in [4.78, 5) is 28.3. The van der Waals surface area contributed by atoms with Gasteiger partial charge in [-0.15, -0.1) is 0 Å². The quantitative estimate of drug-likeness (QED) is 0.759. The van der Waals surface area contributed by atoms with Gasteiger partial charge in [-0.25, -0.2) is 0 Å². The highest BCUT2D eigenvalue weighted by molar-refractivity contribution is 5.91. The monoisotopic (exact) mass is 311 g/mol. The van der Waals surface area contributed by atoms with Gasteiger partial charge >= 0.3 is 0 Å². The molecule has 0 unspecified atom stereocenters. The van der Waals surface area contributed by atoms with Gasteiger partial charge in [0, 0.05) is 13.1 Å². The van der Waals surface area contributed by atoms with Gasteiger partial charge in [-0.05, 0) is 45.2 Å². The molecule has 6 heteroatoms. The number of piperidine rings is 1. The van der Waals surface area contributed by atoms with E-state index >= 15 is 0 Å². The van der Waals surface area contributed by atoms with Crippen molar-refractivity contribution in [3.05, 3.63) is 0 Å². The van der Waals surface area contributed by atoms with E-state index in [9.17, 15) is 14.7 Å². The molecule has 2 rings (SSSR count). The fourth-order valence-corrected chi connectivity index (χ4v) is 3.91. The first-order valence-corrected chi connectivity index (χ1v) is 8.27. The van der Waals surface area contributed by atoms with Crippen LogP contribution in [0.25, 0.3) is 0 Å². The smallest absolute Gasteiger partial charge is 0.242 e. The van der Waals surface area contributed by atoms with Crippen LogP contribution in [-0.4, -0.2) is 65.0 Å². The number of aliphatic hydroxyl groups is 1. The number of rotatable bonds is 5. The van der Waals surface area contributed by atoms with Crippen LogP contribution in [0.1, 0.15) is 40.0 Å². The molecule has 3 N–H and O–H groups in total. The predicted octanol–water partition coefficient (Wildman–Crippen LogP) is 0.192. The van der Waals surface area contributed by atoms with Crippen LogP contribution in [0.15, 0.2) is 0 Å². The molecule has 0 saturated carbocycles. The zero-order chi connectivity index (χ0) is 16.5. The molecule has 2 saturated heterocycles. The van der Waals surface area contributed by atoms with Crippen LogP contribution in [0.3, 0.4) is 0 Å². The fraction of sp³-hybridized carbons (Fsp3) is 0.875. The maximum Gasteiger partial charge on any atom is 0.242 e. The minimum atomic E-state index is -0.933. The Bertz CT molecular complexity index is 428. The summed E-state index contributed by atoms with van der Waals surface area (Å²) in [6.45, 7) is 9.34. The Kier molecular flexibility index (Phi) is 5.12. The van der Waals surface area contributed by atoms with Crippen LogP contribution in [0.5, 0.6) is 0 Å². The molecule has 1 spiro atoms. The SMILES string of the molecule is CC(C)CN1CCC2(CC1)CCN([C@H](C(N)=O)[C@@H](C)O)C2=O. The molecule has 0 aliphatic carbocycles. The first-order chi connectivity index (χ1) is 10.3. The third-order valence-corrected chi connectivity index (χ3v) is 5.07. The number of aliphatic hydroxyl groups excluding tert-OH is 1. The van der Waals surface area contributed by atoms with Crippen molar-refractivity contribution in [2.75, 3.05) is 26.2 Å². The number of primary amides is 1. The van der Waals surface area contributed by atoms with E-state index in [2.05, 4.69) is 18.7 Å². The van der Waals surface area contributed by atoms with E-state index in [-0.39, 0.29) is 11.3 Å². The normalized spacial score (nSPS) is 25.0. The van der Waals surface area contributed by atoms with E-state index in [0.717, 1.165) is 38.9 Å². The van der Waals surface area contributed by atoms with Crippen molar-refractivity contribution >= 4 is 11.8 Å². The summed E-state index contributed by atoms with van der Waals surface area (Å²) in [7, 11) is 0. The number of amides is 2. The summed E-state index contributed by atoms with van der Waals surface area (Å²) >= 11 is 0. The number of likely N-dealkylation sites (tertiary alicyclic amines) is 2. The standard InChI is InChI=1S/C16H29N3O3/c1-11(2)10-18-7-4-16(5-8-18)6-9-19(15(16)22)13(12(3)20)14(17)21/h11-13,20H,4-10H2,1-3H3,(H2,17,21)/t12-,13+/m1/s1. The molecule has 2 heterocycles. The highest BCUT2D eigenvalue weighted by Crippen LogP contribution is 2.42. The molecule has 6 nitrogen and oxygen atoms in total. The maximum absolute atomic E-state index is 12.9. The van der Waals surface area contributed by atoms with Crippen LogP contribution in [-0.2, 0) is 9.59 Å². The molecule has 22 heavy (non-hydrogen) atoms. The van der Waals surface area contributed by atoms with Crippen LogP contribution in [0.2, 0.25) is 0 Å². The Morgan fingerprint density at radius 1 is 1.23 bits per heavy atom. The van der Waals surface area contributed by atoms with Crippen molar-refractivity contribution < 1.29 is 14.7 Å². The molecular formula is C16H29N3O3. The van der Waals surface area contributed by atoms with Gasteiger partial charge in [-0.2, -0.15) is 0 Å². The third kappa shape index (κ3) is 3.27. The highest BCUT2D eigenvalue weighted by atomic mass is 16.3.